The Labute approximate surface area is 104 Å². The first-order valence-corrected chi connectivity index (χ1v) is 3.77. The third-order valence-electron chi connectivity index (χ3n) is 1.60. The van der Waals surface area contributed by atoms with Gasteiger partial charge in [-0.3, -0.25) is 10.1 Å². The zero-order chi connectivity index (χ0) is 12.3. The molecule has 0 saturated heterocycles. The zero-order valence-electron chi connectivity index (χ0n) is 8.13. The number of benzene rings is 1. The maximum atomic E-state index is 10.5. The van der Waals surface area contributed by atoms with Crippen molar-refractivity contribution >= 4 is 28.7 Å². The van der Waals surface area contributed by atoms with Crippen LogP contribution in [0.25, 0.3) is 0 Å². The summed E-state index contributed by atoms with van der Waals surface area (Å²) in [6, 6.07) is 4.33. The van der Waals surface area contributed by atoms with Crippen LogP contribution in [0.1, 0.15) is 0 Å². The van der Waals surface area contributed by atoms with E-state index in [2.05, 4.69) is 0 Å². The van der Waals surface area contributed by atoms with Gasteiger partial charge >= 0.3 is 5.69 Å². The number of nitro benzene ring substituents is 1. The lowest BCUT2D eigenvalue weighted by molar-refractivity contribution is -0.712. The molecule has 0 N–H and O–H groups in total. The number of nitrogens with zero attached hydrogens (tertiary/aromatic N) is 4. The summed E-state index contributed by atoms with van der Waals surface area (Å²) in [5, 5.41) is 28.1. The number of anilines is 1. The van der Waals surface area contributed by atoms with Gasteiger partial charge in [0.05, 0.1) is 4.92 Å². The lowest BCUT2D eigenvalue weighted by Crippen LogP contribution is -2.35. The molecule has 0 aliphatic rings. The lowest BCUT2D eigenvalue weighted by atomic mass is 10.3. The lowest BCUT2D eigenvalue weighted by Gasteiger charge is -2.03. The molecule has 0 amide bonds. The van der Waals surface area contributed by atoms with Crippen LogP contribution in [0.5, 0.6) is 0 Å². The summed E-state index contributed by atoms with van der Waals surface area (Å²) in [5.41, 5.74) is -1.42. The highest BCUT2D eigenvalue weighted by molar-refractivity contribution is 5.75. The van der Waals surface area contributed by atoms with E-state index in [1.807, 2.05) is 0 Å². The molecule has 0 bridgehead atoms. The highest BCUT2D eigenvalue weighted by atomic mass is 27.0. The van der Waals surface area contributed by atoms with Gasteiger partial charge in [-0.15, -0.1) is 0 Å². The van der Waals surface area contributed by atoms with E-state index in [0.717, 1.165) is 12.1 Å². The minimum atomic E-state index is -1.34. The second kappa shape index (κ2) is 5.73. The SMILES string of the molecule is O=[N+]([O-])c1ccccc1N([N+](=O)[O-])[N+](=O)[O-].[Al]. The summed E-state index contributed by atoms with van der Waals surface area (Å²) in [7, 11) is 0. The predicted octanol–water partition coefficient (Wildman–Crippen LogP) is 0.404. The Morgan fingerprint density at radius 1 is 0.941 bits per heavy atom. The summed E-state index contributed by atoms with van der Waals surface area (Å²) < 4.78 is 0. The van der Waals surface area contributed by atoms with E-state index in [0.29, 0.717) is 0 Å². The molecular formula is C6H4AlN4O6. The van der Waals surface area contributed by atoms with Gasteiger partial charge in [0.2, 0.25) is 15.2 Å². The highest BCUT2D eigenvalue weighted by Crippen LogP contribution is 2.27. The van der Waals surface area contributed by atoms with Crippen molar-refractivity contribution in [1.82, 2.24) is 0 Å². The molecule has 1 aromatic rings. The van der Waals surface area contributed by atoms with Crippen molar-refractivity contribution in [2.45, 2.75) is 0 Å². The van der Waals surface area contributed by atoms with Gasteiger partial charge in [-0.1, -0.05) is 12.1 Å². The van der Waals surface area contributed by atoms with Crippen molar-refractivity contribution in [2.75, 3.05) is 5.12 Å². The maximum absolute atomic E-state index is 10.5. The smallest absolute Gasteiger partial charge is 0.258 e. The summed E-state index contributed by atoms with van der Waals surface area (Å²) in [6.07, 6.45) is 0. The Balaban J connectivity index is 0.00000256. The molecule has 3 radical (unpaired) electrons. The largest absolute Gasteiger partial charge is 0.305 e. The van der Waals surface area contributed by atoms with Crippen molar-refractivity contribution in [3.63, 3.8) is 0 Å². The molecule has 0 spiro atoms. The van der Waals surface area contributed by atoms with Crippen molar-refractivity contribution in [1.29, 1.82) is 0 Å². The normalized spacial score (nSPS) is 8.94. The van der Waals surface area contributed by atoms with E-state index in [1.54, 1.807) is 0 Å². The van der Waals surface area contributed by atoms with Gasteiger partial charge in [-0.25, -0.2) is 20.2 Å². The Morgan fingerprint density at radius 2 is 1.41 bits per heavy atom. The minimum Gasteiger partial charge on any atom is -0.258 e. The van der Waals surface area contributed by atoms with Gasteiger partial charge in [0.25, 0.3) is 5.69 Å². The second-order valence-electron chi connectivity index (χ2n) is 2.51. The number of para-hydroxylation sites is 2. The van der Waals surface area contributed by atoms with Crippen LogP contribution in [-0.4, -0.2) is 32.3 Å². The Bertz CT molecular complexity index is 452. The first kappa shape index (κ1) is 14.8. The van der Waals surface area contributed by atoms with Gasteiger partial charge in [-0.05, 0) is 6.07 Å². The van der Waals surface area contributed by atoms with Crippen LogP contribution in [-0.2, 0) is 0 Å². The van der Waals surface area contributed by atoms with Gasteiger partial charge in [0.15, 0.2) is 0 Å². The van der Waals surface area contributed by atoms with Gasteiger partial charge < -0.3 is 0 Å². The molecule has 0 aliphatic carbocycles. The fourth-order valence-corrected chi connectivity index (χ4v) is 1.02. The van der Waals surface area contributed by atoms with Crippen LogP contribution in [0.15, 0.2) is 24.3 Å². The summed E-state index contributed by atoms with van der Waals surface area (Å²) in [6.45, 7) is 0. The van der Waals surface area contributed by atoms with E-state index < -0.39 is 31.5 Å². The molecule has 11 heteroatoms. The Kier molecular flexibility index (Phi) is 4.97. The Morgan fingerprint density at radius 3 is 1.82 bits per heavy atom. The predicted molar refractivity (Wildman–Crippen MR) is 55.3 cm³/mol. The van der Waals surface area contributed by atoms with Crippen molar-refractivity contribution in [3.05, 3.63) is 54.6 Å². The van der Waals surface area contributed by atoms with Crippen molar-refractivity contribution in [2.24, 2.45) is 0 Å². The number of rotatable bonds is 4. The van der Waals surface area contributed by atoms with E-state index in [-0.39, 0.29) is 17.4 Å². The molecule has 1 rings (SSSR count). The number of hydrogen-bond acceptors (Lipinski definition) is 6. The van der Waals surface area contributed by atoms with Crippen LogP contribution >= 0.6 is 0 Å². The highest BCUT2D eigenvalue weighted by Gasteiger charge is 2.36. The topological polar surface area (TPSA) is 133 Å². The summed E-state index contributed by atoms with van der Waals surface area (Å²) >= 11 is 0. The number of hydrogen-bond donors (Lipinski definition) is 0. The first-order chi connectivity index (χ1) is 7.45. The molecule has 0 saturated carbocycles. The van der Waals surface area contributed by atoms with Crippen molar-refractivity contribution < 1.29 is 15.0 Å². The molecule has 87 valence electrons. The molecule has 10 nitrogen and oxygen atoms in total. The number of nitro groups is 3. The van der Waals surface area contributed by atoms with Gasteiger partial charge in [0.1, 0.15) is 0 Å². The van der Waals surface area contributed by atoms with E-state index >= 15 is 0 Å². The number of hydrazine groups is 2. The standard InChI is InChI=1S/C6H4N4O6.Al/c11-8(12)6-4-2-1-3-5(6)7(9(13)14)10(15)16;/h1-4H;. The maximum Gasteiger partial charge on any atom is 0.305 e. The monoisotopic (exact) mass is 255 g/mol. The average molecular weight is 255 g/mol. The molecule has 0 aromatic heterocycles. The van der Waals surface area contributed by atoms with Gasteiger partial charge in [-0.2, -0.15) is 0 Å². The molecular weight excluding hydrogens is 251 g/mol. The molecule has 0 aliphatic heterocycles. The van der Waals surface area contributed by atoms with Crippen LogP contribution in [0.2, 0.25) is 0 Å². The summed E-state index contributed by atoms with van der Waals surface area (Å²) in [4.78, 5) is 30.3. The fraction of sp³-hybridized carbons (Fsp3) is 0. The van der Waals surface area contributed by atoms with Crippen LogP contribution < -0.4 is 5.12 Å². The quantitative estimate of drug-likeness (QED) is 0.432. The summed E-state index contributed by atoms with van der Waals surface area (Å²) in [5.74, 6) is 0. The molecule has 0 atom stereocenters. The third kappa shape index (κ3) is 3.10. The average Bonchev–Trinajstić information content (AvgIpc) is 2.17. The Hall–Kier alpha value is -2.25. The van der Waals surface area contributed by atoms with E-state index in [4.69, 9.17) is 0 Å². The van der Waals surface area contributed by atoms with Crippen LogP contribution in [0.3, 0.4) is 0 Å². The fourth-order valence-electron chi connectivity index (χ4n) is 1.02. The third-order valence-corrected chi connectivity index (χ3v) is 1.60. The first-order valence-electron chi connectivity index (χ1n) is 3.77. The van der Waals surface area contributed by atoms with E-state index in [9.17, 15) is 30.3 Å². The minimum absolute atomic E-state index is 0. The second-order valence-corrected chi connectivity index (χ2v) is 2.51. The molecule has 17 heavy (non-hydrogen) atoms. The molecule has 1 aromatic carbocycles. The van der Waals surface area contributed by atoms with E-state index in [1.165, 1.54) is 12.1 Å². The van der Waals surface area contributed by atoms with Crippen LogP contribution in [0, 0.1) is 30.3 Å². The molecule has 0 unspecified atom stereocenters. The van der Waals surface area contributed by atoms with Gasteiger partial charge in [0, 0.05) is 23.4 Å². The molecule has 0 heterocycles. The molecule has 0 fully saturated rings. The zero-order valence-corrected chi connectivity index (χ0v) is 9.28. The van der Waals surface area contributed by atoms with Crippen molar-refractivity contribution in [3.8, 4) is 0 Å². The van der Waals surface area contributed by atoms with Crippen LogP contribution in [0.4, 0.5) is 11.4 Å².